The van der Waals surface area contributed by atoms with Crippen LogP contribution in [0.25, 0.3) is 59.4 Å². The van der Waals surface area contributed by atoms with Crippen molar-refractivity contribution in [3.05, 3.63) is 125 Å². The van der Waals surface area contributed by atoms with Crippen LogP contribution in [0.1, 0.15) is 0 Å². The minimum Gasteiger partial charge on any atom is -0.308 e. The molecule has 5 aromatic carbocycles. The highest BCUT2D eigenvalue weighted by atomic mass is 32.1. The van der Waals surface area contributed by atoms with Gasteiger partial charge in [0.2, 0.25) is 0 Å². The number of nitro benzene ring substituents is 1. The van der Waals surface area contributed by atoms with E-state index in [9.17, 15) is 10.1 Å². The minimum atomic E-state index is -0.321. The normalized spacial score (nSPS) is 11.5. The second-order valence-corrected chi connectivity index (χ2v) is 9.87. The summed E-state index contributed by atoms with van der Waals surface area (Å²) >= 11 is 1.69. The summed E-state index contributed by atoms with van der Waals surface area (Å²) in [5.74, 6) is 0. The van der Waals surface area contributed by atoms with Crippen LogP contribution in [-0.2, 0) is 0 Å². The fraction of sp³-hybridized carbons (Fsp3) is 0. The third kappa shape index (κ3) is 3.42. The fourth-order valence-corrected chi connectivity index (χ4v) is 6.19. The molecule has 0 bridgehead atoms. The van der Waals surface area contributed by atoms with E-state index in [2.05, 4.69) is 53.1 Å². The second-order valence-electron chi connectivity index (χ2n) is 8.87. The highest BCUT2D eigenvalue weighted by Gasteiger charge is 2.20. The molecule has 0 fully saturated rings. The lowest BCUT2D eigenvalue weighted by Crippen LogP contribution is -1.94. The van der Waals surface area contributed by atoms with Gasteiger partial charge in [-0.2, -0.15) is 0 Å². The predicted octanol–water partition coefficient (Wildman–Crippen LogP) is 8.64. The summed E-state index contributed by atoms with van der Waals surface area (Å²) in [6.45, 7) is 0. The number of rotatable bonds is 4. The average molecular weight is 498 g/mol. The number of hydrogen-bond donors (Lipinski definition) is 0. The van der Waals surface area contributed by atoms with Crippen LogP contribution in [0.15, 0.2) is 115 Å². The van der Waals surface area contributed by atoms with Crippen LogP contribution in [0.2, 0.25) is 0 Å². The molecule has 7 rings (SSSR count). The maximum absolute atomic E-state index is 11.7. The van der Waals surface area contributed by atoms with Crippen molar-refractivity contribution in [2.45, 2.75) is 0 Å². The van der Waals surface area contributed by atoms with E-state index in [1.807, 2.05) is 54.6 Å². The summed E-state index contributed by atoms with van der Waals surface area (Å²) in [5, 5.41) is 14.8. The van der Waals surface area contributed by atoms with Gasteiger partial charge in [-0.25, -0.2) is 4.98 Å². The Morgan fingerprint density at radius 1 is 0.730 bits per heavy atom. The SMILES string of the molecule is O=[N+]([O-])c1ccccc1-c1ccc2c(c1)c1ccc3nc(-c4ccccc4)sc3c1n2-c1ccccc1. The number of nitro groups is 1. The van der Waals surface area contributed by atoms with Crippen molar-refractivity contribution in [3.63, 3.8) is 0 Å². The van der Waals surface area contributed by atoms with Crippen LogP contribution >= 0.6 is 11.3 Å². The number of para-hydroxylation sites is 2. The van der Waals surface area contributed by atoms with Crippen molar-refractivity contribution < 1.29 is 4.92 Å². The molecule has 7 aromatic rings. The zero-order chi connectivity index (χ0) is 24.9. The minimum absolute atomic E-state index is 0.103. The van der Waals surface area contributed by atoms with E-state index >= 15 is 0 Å². The zero-order valence-electron chi connectivity index (χ0n) is 19.5. The maximum atomic E-state index is 11.7. The smallest absolute Gasteiger partial charge is 0.277 e. The molecule has 6 heteroatoms. The van der Waals surface area contributed by atoms with Gasteiger partial charge >= 0.3 is 0 Å². The molecule has 0 aliphatic carbocycles. The molecule has 5 nitrogen and oxygen atoms in total. The number of benzene rings is 5. The Bertz CT molecular complexity index is 1960. The van der Waals surface area contributed by atoms with E-state index in [0.717, 1.165) is 53.8 Å². The summed E-state index contributed by atoms with van der Waals surface area (Å²) in [6.07, 6.45) is 0. The molecule has 176 valence electrons. The van der Waals surface area contributed by atoms with E-state index in [-0.39, 0.29) is 10.6 Å². The molecule has 0 unspecified atom stereocenters. The number of aromatic nitrogens is 2. The molecule has 0 saturated carbocycles. The number of thiazole rings is 1. The zero-order valence-corrected chi connectivity index (χ0v) is 20.4. The summed E-state index contributed by atoms with van der Waals surface area (Å²) in [5.41, 5.74) is 6.78. The molecular formula is C31H19N3O2S. The number of hydrogen-bond acceptors (Lipinski definition) is 4. The largest absolute Gasteiger partial charge is 0.308 e. The molecule has 37 heavy (non-hydrogen) atoms. The third-order valence-electron chi connectivity index (χ3n) is 6.73. The molecule has 0 spiro atoms. The second kappa shape index (κ2) is 8.40. The number of fused-ring (bicyclic) bond motifs is 5. The Morgan fingerprint density at radius 3 is 2.24 bits per heavy atom. The van der Waals surface area contributed by atoms with E-state index < -0.39 is 0 Å². The van der Waals surface area contributed by atoms with Gasteiger partial charge in [0, 0.05) is 28.1 Å². The van der Waals surface area contributed by atoms with Crippen LogP contribution in [0.5, 0.6) is 0 Å². The molecule has 0 aliphatic rings. The van der Waals surface area contributed by atoms with Crippen molar-refractivity contribution >= 4 is 49.0 Å². The summed E-state index contributed by atoms with van der Waals surface area (Å²) in [6, 6.07) is 37.8. The standard InChI is InChI=1S/C31H19N3O2S/c35-34(36)28-14-8-7-13-23(28)21-15-18-27-25(19-21)24-16-17-26-30(29(24)33(27)22-11-5-2-6-12-22)37-31(32-26)20-9-3-1-4-10-20/h1-19H. The molecule has 0 radical (unpaired) electrons. The molecule has 0 N–H and O–H groups in total. The van der Waals surface area contributed by atoms with Crippen molar-refractivity contribution in [2.24, 2.45) is 0 Å². The van der Waals surface area contributed by atoms with E-state index in [1.54, 1.807) is 23.5 Å². The topological polar surface area (TPSA) is 61.0 Å². The van der Waals surface area contributed by atoms with Crippen molar-refractivity contribution in [1.82, 2.24) is 9.55 Å². The van der Waals surface area contributed by atoms with Crippen LogP contribution in [-0.4, -0.2) is 14.5 Å². The quantitative estimate of drug-likeness (QED) is 0.181. The van der Waals surface area contributed by atoms with E-state index in [1.165, 1.54) is 0 Å². The Kier molecular flexibility index (Phi) is 4.87. The third-order valence-corrected chi connectivity index (χ3v) is 7.86. The van der Waals surface area contributed by atoms with Gasteiger partial charge in [-0.3, -0.25) is 10.1 Å². The Hall–Kier alpha value is -4.81. The highest BCUT2D eigenvalue weighted by molar-refractivity contribution is 7.22. The van der Waals surface area contributed by atoms with Gasteiger partial charge < -0.3 is 4.57 Å². The van der Waals surface area contributed by atoms with E-state index in [4.69, 9.17) is 4.98 Å². The lowest BCUT2D eigenvalue weighted by atomic mass is 10.0. The van der Waals surface area contributed by atoms with E-state index in [0.29, 0.717) is 5.56 Å². The average Bonchev–Trinajstić information content (AvgIpc) is 3.53. The molecule has 0 saturated heterocycles. The highest BCUT2D eigenvalue weighted by Crippen LogP contribution is 2.42. The first-order valence-electron chi connectivity index (χ1n) is 11.9. The summed E-state index contributed by atoms with van der Waals surface area (Å²) in [4.78, 5) is 16.4. The van der Waals surface area contributed by atoms with Crippen molar-refractivity contribution in [1.29, 1.82) is 0 Å². The Labute approximate surface area is 216 Å². The van der Waals surface area contributed by atoms with Gasteiger partial charge in [0.1, 0.15) is 5.01 Å². The first-order chi connectivity index (χ1) is 18.2. The van der Waals surface area contributed by atoms with Gasteiger partial charge in [0.25, 0.3) is 5.69 Å². The van der Waals surface area contributed by atoms with Gasteiger partial charge in [-0.15, -0.1) is 11.3 Å². The van der Waals surface area contributed by atoms with Crippen molar-refractivity contribution in [2.75, 3.05) is 0 Å². The fourth-order valence-electron chi connectivity index (χ4n) is 5.08. The molecule has 2 aromatic heterocycles. The predicted molar refractivity (Wildman–Crippen MR) is 151 cm³/mol. The van der Waals surface area contributed by atoms with Crippen molar-refractivity contribution in [3.8, 4) is 27.4 Å². The Morgan fingerprint density at radius 2 is 1.46 bits per heavy atom. The molecule has 0 aliphatic heterocycles. The Balaban J connectivity index is 1.57. The lowest BCUT2D eigenvalue weighted by Gasteiger charge is -2.08. The van der Waals surface area contributed by atoms with Crippen LogP contribution in [0.4, 0.5) is 5.69 Å². The van der Waals surface area contributed by atoms with Crippen LogP contribution < -0.4 is 0 Å². The van der Waals surface area contributed by atoms with Gasteiger partial charge in [-0.1, -0.05) is 66.7 Å². The monoisotopic (exact) mass is 497 g/mol. The summed E-state index contributed by atoms with van der Waals surface area (Å²) in [7, 11) is 0. The number of nitrogens with zero attached hydrogens (tertiary/aromatic N) is 3. The first-order valence-corrected chi connectivity index (χ1v) is 12.7. The van der Waals surface area contributed by atoms with Gasteiger partial charge in [-0.05, 0) is 48.0 Å². The van der Waals surface area contributed by atoms with Gasteiger partial charge in [0.15, 0.2) is 0 Å². The summed E-state index contributed by atoms with van der Waals surface area (Å²) < 4.78 is 3.40. The molecule has 0 atom stereocenters. The lowest BCUT2D eigenvalue weighted by molar-refractivity contribution is -0.384. The molecule has 2 heterocycles. The van der Waals surface area contributed by atoms with Crippen LogP contribution in [0, 0.1) is 10.1 Å². The first kappa shape index (κ1) is 21.5. The molecular weight excluding hydrogens is 478 g/mol. The molecule has 0 amide bonds. The maximum Gasteiger partial charge on any atom is 0.277 e. The van der Waals surface area contributed by atoms with Crippen LogP contribution in [0.3, 0.4) is 0 Å². The van der Waals surface area contributed by atoms with Gasteiger partial charge in [0.05, 0.1) is 31.7 Å².